The van der Waals surface area contributed by atoms with Crippen LogP contribution in [0.15, 0.2) is 18.2 Å². The summed E-state index contributed by atoms with van der Waals surface area (Å²) in [7, 11) is 2.13. The van der Waals surface area contributed by atoms with Crippen molar-refractivity contribution in [1.29, 1.82) is 0 Å². The lowest BCUT2D eigenvalue weighted by Gasteiger charge is -2.28. The van der Waals surface area contributed by atoms with E-state index < -0.39 is 0 Å². The molecule has 0 spiro atoms. The van der Waals surface area contributed by atoms with Crippen LogP contribution in [0.4, 0.5) is 0 Å². The van der Waals surface area contributed by atoms with Gasteiger partial charge >= 0.3 is 0 Å². The summed E-state index contributed by atoms with van der Waals surface area (Å²) in [4.78, 5) is 18.2. The summed E-state index contributed by atoms with van der Waals surface area (Å²) >= 11 is 5.76. The molecule has 1 fully saturated rings. The minimum atomic E-state index is -0.142. The molecular weight excluding hydrogens is 250 g/mol. The number of hydrogen-bond acceptors (Lipinski definition) is 3. The maximum Gasteiger partial charge on any atom is 0.269 e. The van der Waals surface area contributed by atoms with Crippen molar-refractivity contribution in [1.82, 2.24) is 15.2 Å². The Morgan fingerprint density at radius 3 is 2.89 bits per heavy atom. The van der Waals surface area contributed by atoms with Crippen LogP contribution in [0.1, 0.15) is 23.3 Å². The number of likely N-dealkylation sites (tertiary alicyclic amines) is 1. The monoisotopic (exact) mass is 267 g/mol. The third kappa shape index (κ3) is 3.68. The topological polar surface area (TPSA) is 45.2 Å². The summed E-state index contributed by atoms with van der Waals surface area (Å²) in [5.74, 6) is 0.431. The van der Waals surface area contributed by atoms with Crippen molar-refractivity contribution < 1.29 is 4.79 Å². The summed E-state index contributed by atoms with van der Waals surface area (Å²) in [5.41, 5.74) is 0.385. The first-order valence-electron chi connectivity index (χ1n) is 6.24. The standard InChI is InChI=1S/C13H18ClN3O/c1-17-7-5-10(6-8-17)9-15-13(18)11-3-2-4-12(14)16-11/h2-4,10H,5-9H2,1H3,(H,15,18). The highest BCUT2D eigenvalue weighted by molar-refractivity contribution is 6.29. The molecule has 1 N–H and O–H groups in total. The summed E-state index contributed by atoms with van der Waals surface area (Å²) < 4.78 is 0. The van der Waals surface area contributed by atoms with E-state index in [4.69, 9.17) is 11.6 Å². The second-order valence-corrected chi connectivity index (χ2v) is 5.19. The first kappa shape index (κ1) is 13.3. The summed E-state index contributed by atoms with van der Waals surface area (Å²) in [6.45, 7) is 2.94. The number of carbonyl (C=O) groups is 1. The van der Waals surface area contributed by atoms with Crippen LogP contribution < -0.4 is 5.32 Å². The van der Waals surface area contributed by atoms with Gasteiger partial charge in [0, 0.05) is 6.54 Å². The van der Waals surface area contributed by atoms with E-state index in [1.54, 1.807) is 18.2 Å². The zero-order valence-electron chi connectivity index (χ0n) is 10.5. The molecule has 5 heteroatoms. The van der Waals surface area contributed by atoms with Gasteiger partial charge in [-0.05, 0) is 51.0 Å². The second-order valence-electron chi connectivity index (χ2n) is 4.80. The number of piperidine rings is 1. The van der Waals surface area contributed by atoms with Crippen LogP contribution in [0, 0.1) is 5.92 Å². The molecule has 1 aliphatic rings. The maximum absolute atomic E-state index is 11.9. The quantitative estimate of drug-likeness (QED) is 0.850. The number of carbonyl (C=O) groups excluding carboxylic acids is 1. The normalized spacial score (nSPS) is 17.7. The van der Waals surface area contributed by atoms with Gasteiger partial charge in [-0.2, -0.15) is 0 Å². The molecule has 2 rings (SSSR count). The number of hydrogen-bond donors (Lipinski definition) is 1. The predicted octanol–water partition coefficient (Wildman–Crippen LogP) is 1.81. The fraction of sp³-hybridized carbons (Fsp3) is 0.538. The van der Waals surface area contributed by atoms with Gasteiger partial charge in [-0.3, -0.25) is 4.79 Å². The Morgan fingerprint density at radius 1 is 1.50 bits per heavy atom. The molecule has 18 heavy (non-hydrogen) atoms. The number of amides is 1. The zero-order valence-corrected chi connectivity index (χ0v) is 11.3. The molecule has 0 radical (unpaired) electrons. The first-order chi connectivity index (χ1) is 8.65. The number of aromatic nitrogens is 1. The third-order valence-electron chi connectivity index (χ3n) is 3.34. The number of rotatable bonds is 3. The molecular formula is C13H18ClN3O. The van der Waals surface area contributed by atoms with E-state index >= 15 is 0 Å². The van der Waals surface area contributed by atoms with Crippen molar-refractivity contribution in [3.8, 4) is 0 Å². The number of nitrogens with zero attached hydrogens (tertiary/aromatic N) is 2. The van der Waals surface area contributed by atoms with Crippen molar-refractivity contribution in [2.24, 2.45) is 5.92 Å². The molecule has 98 valence electrons. The molecule has 2 heterocycles. The van der Waals surface area contributed by atoms with Gasteiger partial charge in [-0.15, -0.1) is 0 Å². The highest BCUT2D eigenvalue weighted by atomic mass is 35.5. The highest BCUT2D eigenvalue weighted by Crippen LogP contribution is 2.15. The van der Waals surface area contributed by atoms with Crippen LogP contribution in [-0.2, 0) is 0 Å². The molecule has 0 saturated carbocycles. The summed E-state index contributed by atoms with van der Waals surface area (Å²) in [6.07, 6.45) is 2.28. The van der Waals surface area contributed by atoms with E-state index in [1.165, 1.54) is 0 Å². The lowest BCUT2D eigenvalue weighted by atomic mass is 9.97. The average Bonchev–Trinajstić information content (AvgIpc) is 2.38. The molecule has 1 amide bonds. The van der Waals surface area contributed by atoms with E-state index in [9.17, 15) is 4.79 Å². The van der Waals surface area contributed by atoms with E-state index in [-0.39, 0.29) is 5.91 Å². The van der Waals surface area contributed by atoms with Gasteiger partial charge in [-0.1, -0.05) is 17.7 Å². The van der Waals surface area contributed by atoms with Crippen LogP contribution >= 0.6 is 11.6 Å². The van der Waals surface area contributed by atoms with Gasteiger partial charge in [0.2, 0.25) is 0 Å². The Hall–Kier alpha value is -1.13. The van der Waals surface area contributed by atoms with E-state index in [1.807, 2.05) is 0 Å². The lowest BCUT2D eigenvalue weighted by molar-refractivity contribution is 0.0934. The second kappa shape index (κ2) is 6.16. The van der Waals surface area contributed by atoms with Crippen molar-refractivity contribution in [3.63, 3.8) is 0 Å². The van der Waals surface area contributed by atoms with Crippen molar-refractivity contribution in [2.75, 3.05) is 26.7 Å². The molecule has 0 aromatic carbocycles. The SMILES string of the molecule is CN1CCC(CNC(=O)c2cccc(Cl)n2)CC1. The van der Waals surface area contributed by atoms with Crippen LogP contribution in [0.25, 0.3) is 0 Å². The van der Waals surface area contributed by atoms with Gasteiger partial charge < -0.3 is 10.2 Å². The Bertz CT molecular complexity index is 416. The minimum absolute atomic E-state index is 0.142. The molecule has 0 bridgehead atoms. The molecule has 0 atom stereocenters. The Labute approximate surface area is 112 Å². The first-order valence-corrected chi connectivity index (χ1v) is 6.62. The van der Waals surface area contributed by atoms with Gasteiger partial charge in [0.25, 0.3) is 5.91 Å². The zero-order chi connectivity index (χ0) is 13.0. The average molecular weight is 268 g/mol. The summed E-state index contributed by atoms with van der Waals surface area (Å²) in [6, 6.07) is 5.07. The number of nitrogens with one attached hydrogen (secondary N) is 1. The Balaban J connectivity index is 1.81. The highest BCUT2D eigenvalue weighted by Gasteiger charge is 2.17. The van der Waals surface area contributed by atoms with Gasteiger partial charge in [0.15, 0.2) is 0 Å². The molecule has 4 nitrogen and oxygen atoms in total. The third-order valence-corrected chi connectivity index (χ3v) is 3.55. The predicted molar refractivity (Wildman–Crippen MR) is 71.8 cm³/mol. The van der Waals surface area contributed by atoms with Crippen molar-refractivity contribution >= 4 is 17.5 Å². The maximum atomic E-state index is 11.9. The smallest absolute Gasteiger partial charge is 0.269 e. The van der Waals surface area contributed by atoms with Gasteiger partial charge in [-0.25, -0.2) is 4.98 Å². The Morgan fingerprint density at radius 2 is 2.22 bits per heavy atom. The fourth-order valence-electron chi connectivity index (χ4n) is 2.13. The summed E-state index contributed by atoms with van der Waals surface area (Å²) in [5, 5.41) is 3.28. The molecule has 1 aliphatic heterocycles. The molecule has 1 aromatic heterocycles. The van der Waals surface area contributed by atoms with Crippen molar-refractivity contribution in [2.45, 2.75) is 12.8 Å². The molecule has 1 aromatic rings. The number of halogens is 1. The fourth-order valence-corrected chi connectivity index (χ4v) is 2.29. The lowest BCUT2D eigenvalue weighted by Crippen LogP contribution is -2.37. The molecule has 0 unspecified atom stereocenters. The van der Waals surface area contributed by atoms with E-state index in [0.29, 0.717) is 16.8 Å². The van der Waals surface area contributed by atoms with Crippen LogP contribution in [-0.4, -0.2) is 42.5 Å². The van der Waals surface area contributed by atoms with Crippen LogP contribution in [0.3, 0.4) is 0 Å². The molecule has 0 aliphatic carbocycles. The van der Waals surface area contributed by atoms with E-state index in [2.05, 4.69) is 22.2 Å². The van der Waals surface area contributed by atoms with Crippen LogP contribution in [0.2, 0.25) is 5.15 Å². The van der Waals surface area contributed by atoms with Gasteiger partial charge in [0.05, 0.1) is 0 Å². The minimum Gasteiger partial charge on any atom is -0.350 e. The molecule has 1 saturated heterocycles. The van der Waals surface area contributed by atoms with Crippen LogP contribution in [0.5, 0.6) is 0 Å². The largest absolute Gasteiger partial charge is 0.350 e. The van der Waals surface area contributed by atoms with E-state index in [0.717, 1.165) is 32.5 Å². The number of pyridine rings is 1. The van der Waals surface area contributed by atoms with Crippen molar-refractivity contribution in [3.05, 3.63) is 29.0 Å². The van der Waals surface area contributed by atoms with Gasteiger partial charge in [0.1, 0.15) is 10.8 Å². The Kier molecular flexibility index (Phi) is 4.55.